The van der Waals surface area contributed by atoms with E-state index in [0.717, 1.165) is 11.1 Å². The van der Waals surface area contributed by atoms with Crippen molar-refractivity contribution in [1.29, 1.82) is 0 Å². The number of rotatable bonds is 4. The van der Waals surface area contributed by atoms with Crippen LogP contribution >= 0.6 is 0 Å². The fraction of sp³-hybridized carbons (Fsp3) is 0.125. The Bertz CT molecular complexity index is 1300. The third-order valence-electron chi connectivity index (χ3n) is 5.41. The number of aromatic nitrogens is 1. The van der Waals surface area contributed by atoms with Crippen molar-refractivity contribution >= 4 is 16.9 Å². The lowest BCUT2D eigenvalue weighted by atomic mass is 9.98. The molecule has 148 valence electrons. The average Bonchev–Trinajstić information content (AvgIpc) is 3.06. The average molecular weight is 398 g/mol. The zero-order valence-corrected chi connectivity index (χ0v) is 16.2. The number of carbonyl (C=O) groups is 1. The minimum Gasteiger partial charge on any atom is -0.497 e. The van der Waals surface area contributed by atoms with E-state index in [-0.39, 0.29) is 17.1 Å². The normalized spacial score (nSPS) is 15.4. The van der Waals surface area contributed by atoms with Crippen LogP contribution in [0.1, 0.15) is 33.3 Å². The van der Waals surface area contributed by atoms with E-state index >= 15 is 0 Å². The second kappa shape index (κ2) is 7.15. The number of fused-ring (bicyclic) bond motifs is 2. The van der Waals surface area contributed by atoms with Crippen molar-refractivity contribution in [3.05, 3.63) is 106 Å². The molecule has 3 heterocycles. The van der Waals surface area contributed by atoms with Crippen molar-refractivity contribution < 1.29 is 13.9 Å². The molecule has 0 aliphatic carbocycles. The molecule has 2 aromatic carbocycles. The van der Waals surface area contributed by atoms with Gasteiger partial charge in [0.2, 0.25) is 5.76 Å². The monoisotopic (exact) mass is 398 g/mol. The molecule has 1 aliphatic rings. The van der Waals surface area contributed by atoms with Crippen LogP contribution in [0.25, 0.3) is 11.0 Å². The van der Waals surface area contributed by atoms with Crippen LogP contribution in [-0.2, 0) is 6.54 Å². The van der Waals surface area contributed by atoms with Crippen molar-refractivity contribution in [2.75, 3.05) is 7.11 Å². The molecule has 1 amide bonds. The fourth-order valence-corrected chi connectivity index (χ4v) is 3.95. The summed E-state index contributed by atoms with van der Waals surface area (Å²) in [6, 6.07) is 17.6. The Labute approximate surface area is 172 Å². The van der Waals surface area contributed by atoms with Gasteiger partial charge in [0, 0.05) is 18.9 Å². The summed E-state index contributed by atoms with van der Waals surface area (Å²) in [6.07, 6.45) is 3.37. The van der Waals surface area contributed by atoms with Gasteiger partial charge in [-0.3, -0.25) is 14.6 Å². The summed E-state index contributed by atoms with van der Waals surface area (Å²) >= 11 is 0. The van der Waals surface area contributed by atoms with E-state index in [1.807, 2.05) is 36.4 Å². The second-order valence-corrected chi connectivity index (χ2v) is 7.13. The van der Waals surface area contributed by atoms with Crippen LogP contribution in [0.15, 0.2) is 82.3 Å². The first kappa shape index (κ1) is 18.1. The highest BCUT2D eigenvalue weighted by atomic mass is 16.5. The topological polar surface area (TPSA) is 72.6 Å². The number of methoxy groups -OCH3 is 1. The molecular weight excluding hydrogens is 380 g/mol. The van der Waals surface area contributed by atoms with E-state index in [1.54, 1.807) is 48.7 Å². The quantitative estimate of drug-likeness (QED) is 0.521. The number of amides is 1. The molecule has 5 rings (SSSR count). The molecule has 0 spiro atoms. The molecule has 1 unspecified atom stereocenters. The first-order valence-corrected chi connectivity index (χ1v) is 9.57. The van der Waals surface area contributed by atoms with Crippen molar-refractivity contribution in [3.8, 4) is 5.75 Å². The highest BCUT2D eigenvalue weighted by molar-refractivity contribution is 5.99. The Morgan fingerprint density at radius 1 is 1.00 bits per heavy atom. The van der Waals surface area contributed by atoms with Gasteiger partial charge in [0.05, 0.1) is 24.1 Å². The summed E-state index contributed by atoms with van der Waals surface area (Å²) in [5, 5.41) is 0.466. The zero-order valence-electron chi connectivity index (χ0n) is 16.2. The van der Waals surface area contributed by atoms with Gasteiger partial charge in [-0.15, -0.1) is 0 Å². The minimum atomic E-state index is -0.549. The molecule has 2 aromatic heterocycles. The van der Waals surface area contributed by atoms with E-state index in [9.17, 15) is 9.59 Å². The Balaban J connectivity index is 1.71. The molecule has 1 aliphatic heterocycles. The van der Waals surface area contributed by atoms with Crippen molar-refractivity contribution in [1.82, 2.24) is 9.88 Å². The van der Waals surface area contributed by atoms with Crippen LogP contribution in [0.4, 0.5) is 0 Å². The number of hydrogen-bond donors (Lipinski definition) is 0. The first-order valence-electron chi connectivity index (χ1n) is 9.57. The number of nitrogens with zero attached hydrogens (tertiary/aromatic N) is 2. The summed E-state index contributed by atoms with van der Waals surface area (Å²) in [6.45, 7) is 0.331. The third-order valence-corrected chi connectivity index (χ3v) is 5.41. The molecule has 6 nitrogen and oxygen atoms in total. The lowest BCUT2D eigenvalue weighted by molar-refractivity contribution is 0.0714. The molecule has 0 radical (unpaired) electrons. The molecule has 6 heteroatoms. The van der Waals surface area contributed by atoms with E-state index < -0.39 is 6.04 Å². The highest BCUT2D eigenvalue weighted by Gasteiger charge is 2.42. The number of para-hydroxylation sites is 1. The smallest absolute Gasteiger partial charge is 0.291 e. The van der Waals surface area contributed by atoms with Crippen LogP contribution in [0.2, 0.25) is 0 Å². The Hall–Kier alpha value is -3.93. The standard InChI is InChI=1S/C24H18N2O4/c1-29-17-8-6-16(7-9-17)21-20-22(27)18-4-2-3-5-19(18)30-23(20)24(28)26(21)14-15-10-12-25-13-11-15/h2-13,21H,14H2,1H3. The molecule has 0 bridgehead atoms. The Morgan fingerprint density at radius 2 is 1.73 bits per heavy atom. The lowest BCUT2D eigenvalue weighted by Crippen LogP contribution is -2.29. The molecule has 1 atom stereocenters. The van der Waals surface area contributed by atoms with Crippen LogP contribution < -0.4 is 10.2 Å². The predicted octanol–water partition coefficient (Wildman–Crippen LogP) is 3.94. The van der Waals surface area contributed by atoms with Gasteiger partial charge >= 0.3 is 0 Å². The van der Waals surface area contributed by atoms with E-state index in [4.69, 9.17) is 9.15 Å². The SMILES string of the molecule is COc1ccc(C2c3c(oc4ccccc4c3=O)C(=O)N2Cc2ccncc2)cc1. The number of carbonyl (C=O) groups excluding carboxylic acids is 1. The van der Waals surface area contributed by atoms with Gasteiger partial charge in [0.25, 0.3) is 5.91 Å². The maximum Gasteiger partial charge on any atom is 0.291 e. The third kappa shape index (κ3) is 2.85. The van der Waals surface area contributed by atoms with Crippen molar-refractivity contribution in [2.24, 2.45) is 0 Å². The second-order valence-electron chi connectivity index (χ2n) is 7.13. The van der Waals surface area contributed by atoms with E-state index in [1.165, 1.54) is 0 Å². The van der Waals surface area contributed by atoms with Crippen LogP contribution in [0.5, 0.6) is 5.75 Å². The predicted molar refractivity (Wildman–Crippen MR) is 111 cm³/mol. The van der Waals surface area contributed by atoms with Gasteiger partial charge in [0.15, 0.2) is 5.43 Å². The zero-order chi connectivity index (χ0) is 20.7. The summed E-state index contributed by atoms with van der Waals surface area (Å²) in [7, 11) is 1.60. The molecular formula is C24H18N2O4. The van der Waals surface area contributed by atoms with Crippen LogP contribution in [0, 0.1) is 0 Å². The summed E-state index contributed by atoms with van der Waals surface area (Å²) in [4.78, 5) is 32.5. The largest absolute Gasteiger partial charge is 0.497 e. The lowest BCUT2D eigenvalue weighted by Gasteiger charge is -2.25. The number of pyridine rings is 1. The van der Waals surface area contributed by atoms with E-state index in [2.05, 4.69) is 4.98 Å². The van der Waals surface area contributed by atoms with Crippen molar-refractivity contribution in [3.63, 3.8) is 0 Å². The Kier molecular flexibility index (Phi) is 4.32. The van der Waals surface area contributed by atoms with Crippen LogP contribution in [-0.4, -0.2) is 22.9 Å². The highest BCUT2D eigenvalue weighted by Crippen LogP contribution is 2.39. The summed E-state index contributed by atoms with van der Waals surface area (Å²) in [5.74, 6) is 0.508. The maximum absolute atomic E-state index is 13.4. The van der Waals surface area contributed by atoms with Gasteiger partial charge in [-0.1, -0.05) is 24.3 Å². The molecule has 0 fully saturated rings. The molecule has 4 aromatic rings. The van der Waals surface area contributed by atoms with Crippen molar-refractivity contribution in [2.45, 2.75) is 12.6 Å². The van der Waals surface area contributed by atoms with Gasteiger partial charge in [-0.25, -0.2) is 0 Å². The summed E-state index contributed by atoms with van der Waals surface area (Å²) in [5.41, 5.74) is 2.34. The number of hydrogen-bond acceptors (Lipinski definition) is 5. The molecule has 0 N–H and O–H groups in total. The summed E-state index contributed by atoms with van der Waals surface area (Å²) < 4.78 is 11.2. The first-order chi connectivity index (χ1) is 14.7. The molecule has 30 heavy (non-hydrogen) atoms. The van der Waals surface area contributed by atoms with Gasteiger partial charge in [-0.2, -0.15) is 0 Å². The fourth-order valence-electron chi connectivity index (χ4n) is 3.95. The minimum absolute atomic E-state index is 0.105. The van der Waals surface area contributed by atoms with E-state index in [0.29, 0.717) is 28.8 Å². The number of ether oxygens (including phenoxy) is 1. The Morgan fingerprint density at radius 3 is 2.47 bits per heavy atom. The molecule has 0 saturated carbocycles. The molecule has 0 saturated heterocycles. The van der Waals surface area contributed by atoms with Gasteiger partial charge < -0.3 is 14.1 Å². The van der Waals surface area contributed by atoms with Crippen LogP contribution in [0.3, 0.4) is 0 Å². The van der Waals surface area contributed by atoms with Gasteiger partial charge in [0.1, 0.15) is 11.3 Å². The van der Waals surface area contributed by atoms with Gasteiger partial charge in [-0.05, 0) is 47.5 Å². The maximum atomic E-state index is 13.4. The number of benzene rings is 2.